The molecule has 0 saturated heterocycles. The summed E-state index contributed by atoms with van der Waals surface area (Å²) in [5.41, 5.74) is 7.58. The van der Waals surface area contributed by atoms with E-state index in [1.807, 2.05) is 24.3 Å². The lowest BCUT2D eigenvalue weighted by Crippen LogP contribution is -2.47. The lowest BCUT2D eigenvalue weighted by molar-refractivity contribution is -0.137. The van der Waals surface area contributed by atoms with Crippen molar-refractivity contribution in [1.29, 1.82) is 0 Å². The predicted octanol–water partition coefficient (Wildman–Crippen LogP) is 3.14. The molecule has 3 N–H and O–H groups in total. The normalized spacial score (nSPS) is 16.8. The van der Waals surface area contributed by atoms with E-state index in [-0.39, 0.29) is 11.3 Å². The van der Waals surface area contributed by atoms with Gasteiger partial charge < -0.3 is 11.1 Å². The third kappa shape index (κ3) is 3.53. The van der Waals surface area contributed by atoms with E-state index in [1.165, 1.54) is 12.0 Å². The van der Waals surface area contributed by atoms with E-state index >= 15 is 0 Å². The second kappa shape index (κ2) is 6.29. The van der Waals surface area contributed by atoms with Gasteiger partial charge in [-0.15, -0.1) is 0 Å². The van der Waals surface area contributed by atoms with Crippen LogP contribution in [-0.2, 0) is 11.2 Å². The molecule has 0 aliphatic heterocycles. The van der Waals surface area contributed by atoms with Crippen LogP contribution in [0.5, 0.6) is 0 Å². The molecule has 20 heavy (non-hydrogen) atoms. The van der Waals surface area contributed by atoms with Crippen LogP contribution in [-0.4, -0.2) is 12.5 Å². The summed E-state index contributed by atoms with van der Waals surface area (Å²) in [4.78, 5) is 12.4. The molecule has 1 aliphatic carbocycles. The van der Waals surface area contributed by atoms with Gasteiger partial charge in [-0.25, -0.2) is 0 Å². The Bertz CT molecular complexity index is 447. The van der Waals surface area contributed by atoms with Crippen LogP contribution in [0.2, 0.25) is 0 Å². The van der Waals surface area contributed by atoms with Crippen molar-refractivity contribution in [3.63, 3.8) is 0 Å². The molecule has 1 amide bonds. The van der Waals surface area contributed by atoms with Crippen molar-refractivity contribution in [2.45, 2.75) is 46.0 Å². The Labute approximate surface area is 121 Å². The summed E-state index contributed by atoms with van der Waals surface area (Å²) in [6.07, 6.45) is 5.18. The summed E-state index contributed by atoms with van der Waals surface area (Å²) < 4.78 is 0. The highest BCUT2D eigenvalue weighted by atomic mass is 16.2. The van der Waals surface area contributed by atoms with E-state index in [4.69, 9.17) is 5.73 Å². The molecular weight excluding hydrogens is 248 g/mol. The fourth-order valence-electron chi connectivity index (χ4n) is 3.10. The molecule has 0 unspecified atom stereocenters. The van der Waals surface area contributed by atoms with Crippen molar-refractivity contribution in [3.05, 3.63) is 29.8 Å². The SMILES string of the molecule is CC(C)CC1(C(=O)NCCc2ccc(N)cc2)CCC1. The maximum atomic E-state index is 12.4. The molecule has 0 bridgehead atoms. The highest BCUT2D eigenvalue weighted by Gasteiger charge is 2.43. The number of hydrogen-bond acceptors (Lipinski definition) is 2. The van der Waals surface area contributed by atoms with E-state index < -0.39 is 0 Å². The van der Waals surface area contributed by atoms with Gasteiger partial charge >= 0.3 is 0 Å². The Hall–Kier alpha value is -1.51. The van der Waals surface area contributed by atoms with Gasteiger partial charge in [0.1, 0.15) is 0 Å². The zero-order chi connectivity index (χ0) is 14.6. The molecule has 0 aromatic heterocycles. The topological polar surface area (TPSA) is 55.1 Å². The van der Waals surface area contributed by atoms with Crippen LogP contribution in [0.3, 0.4) is 0 Å². The first-order valence-electron chi connectivity index (χ1n) is 7.64. The van der Waals surface area contributed by atoms with E-state index in [9.17, 15) is 4.79 Å². The van der Waals surface area contributed by atoms with E-state index in [2.05, 4.69) is 19.2 Å². The van der Waals surface area contributed by atoms with Crippen LogP contribution in [0.4, 0.5) is 5.69 Å². The summed E-state index contributed by atoms with van der Waals surface area (Å²) in [6.45, 7) is 5.10. The highest BCUT2D eigenvalue weighted by molar-refractivity contribution is 5.83. The molecule has 1 aliphatic rings. The summed E-state index contributed by atoms with van der Waals surface area (Å²) >= 11 is 0. The summed E-state index contributed by atoms with van der Waals surface area (Å²) in [7, 11) is 0. The highest BCUT2D eigenvalue weighted by Crippen LogP contribution is 2.46. The second-order valence-corrected chi connectivity index (χ2v) is 6.48. The van der Waals surface area contributed by atoms with Crippen molar-refractivity contribution >= 4 is 11.6 Å². The third-order valence-electron chi connectivity index (χ3n) is 4.27. The quantitative estimate of drug-likeness (QED) is 0.783. The van der Waals surface area contributed by atoms with Crippen molar-refractivity contribution < 1.29 is 4.79 Å². The average molecular weight is 274 g/mol. The number of anilines is 1. The molecule has 0 radical (unpaired) electrons. The average Bonchev–Trinajstić information content (AvgIpc) is 2.36. The van der Waals surface area contributed by atoms with Crippen molar-refractivity contribution in [1.82, 2.24) is 5.32 Å². The van der Waals surface area contributed by atoms with Gasteiger partial charge in [-0.05, 0) is 49.3 Å². The molecule has 1 saturated carbocycles. The summed E-state index contributed by atoms with van der Waals surface area (Å²) in [5.74, 6) is 0.839. The first-order chi connectivity index (χ1) is 9.52. The van der Waals surface area contributed by atoms with E-state index in [0.29, 0.717) is 12.5 Å². The van der Waals surface area contributed by atoms with Crippen LogP contribution in [0.15, 0.2) is 24.3 Å². The Balaban J connectivity index is 1.81. The Morgan fingerprint density at radius 3 is 2.45 bits per heavy atom. The van der Waals surface area contributed by atoms with Gasteiger partial charge in [0, 0.05) is 17.6 Å². The molecule has 0 spiro atoms. The van der Waals surface area contributed by atoms with Gasteiger partial charge in [0.05, 0.1) is 0 Å². The number of rotatable bonds is 6. The number of amides is 1. The minimum atomic E-state index is -0.0741. The Morgan fingerprint density at radius 1 is 1.30 bits per heavy atom. The third-order valence-corrected chi connectivity index (χ3v) is 4.27. The predicted molar refractivity (Wildman–Crippen MR) is 83.3 cm³/mol. The fourth-order valence-corrected chi connectivity index (χ4v) is 3.10. The molecule has 1 aromatic carbocycles. The summed E-state index contributed by atoms with van der Waals surface area (Å²) in [5, 5.41) is 3.12. The van der Waals surface area contributed by atoms with Crippen LogP contribution < -0.4 is 11.1 Å². The lowest BCUT2D eigenvalue weighted by Gasteiger charge is -2.41. The molecule has 1 aromatic rings. The second-order valence-electron chi connectivity index (χ2n) is 6.48. The number of nitrogen functional groups attached to an aromatic ring is 1. The van der Waals surface area contributed by atoms with Gasteiger partial charge in [0.2, 0.25) is 5.91 Å². The fraction of sp³-hybridized carbons (Fsp3) is 0.588. The molecule has 0 atom stereocenters. The first kappa shape index (κ1) is 14.9. The van der Waals surface area contributed by atoms with Crippen LogP contribution in [0.1, 0.15) is 45.1 Å². The number of carbonyl (C=O) groups excluding carboxylic acids is 1. The standard InChI is InChI=1S/C17H26N2O/c1-13(2)12-17(9-3-10-17)16(20)19-11-8-14-4-6-15(18)7-5-14/h4-7,13H,3,8-12,18H2,1-2H3,(H,19,20). The monoisotopic (exact) mass is 274 g/mol. The van der Waals surface area contributed by atoms with E-state index in [1.54, 1.807) is 0 Å². The molecule has 2 rings (SSSR count). The molecule has 0 heterocycles. The van der Waals surface area contributed by atoms with Crippen molar-refractivity contribution in [2.24, 2.45) is 11.3 Å². The summed E-state index contributed by atoms with van der Waals surface area (Å²) in [6, 6.07) is 7.86. The number of hydrogen-bond donors (Lipinski definition) is 2. The first-order valence-corrected chi connectivity index (χ1v) is 7.64. The molecule has 3 nitrogen and oxygen atoms in total. The van der Waals surface area contributed by atoms with E-state index in [0.717, 1.165) is 31.4 Å². The Kier molecular flexibility index (Phi) is 4.69. The molecular formula is C17H26N2O. The number of nitrogens with one attached hydrogen (secondary N) is 1. The number of benzene rings is 1. The zero-order valence-electron chi connectivity index (χ0n) is 12.6. The van der Waals surface area contributed by atoms with Crippen molar-refractivity contribution in [3.8, 4) is 0 Å². The minimum absolute atomic E-state index is 0.0741. The largest absolute Gasteiger partial charge is 0.399 e. The maximum Gasteiger partial charge on any atom is 0.226 e. The zero-order valence-corrected chi connectivity index (χ0v) is 12.6. The van der Waals surface area contributed by atoms with Crippen LogP contribution in [0, 0.1) is 11.3 Å². The van der Waals surface area contributed by atoms with Gasteiger partial charge in [0.25, 0.3) is 0 Å². The van der Waals surface area contributed by atoms with Crippen LogP contribution >= 0.6 is 0 Å². The van der Waals surface area contributed by atoms with Gasteiger partial charge in [-0.3, -0.25) is 4.79 Å². The van der Waals surface area contributed by atoms with Crippen molar-refractivity contribution in [2.75, 3.05) is 12.3 Å². The maximum absolute atomic E-state index is 12.4. The lowest BCUT2D eigenvalue weighted by atomic mass is 9.64. The number of nitrogens with two attached hydrogens (primary N) is 1. The van der Waals surface area contributed by atoms with Gasteiger partial charge in [-0.2, -0.15) is 0 Å². The smallest absolute Gasteiger partial charge is 0.226 e. The Morgan fingerprint density at radius 2 is 1.95 bits per heavy atom. The molecule has 1 fully saturated rings. The van der Waals surface area contributed by atoms with Gasteiger partial charge in [-0.1, -0.05) is 32.4 Å². The van der Waals surface area contributed by atoms with Crippen LogP contribution in [0.25, 0.3) is 0 Å². The number of carbonyl (C=O) groups is 1. The molecule has 110 valence electrons. The molecule has 3 heteroatoms. The minimum Gasteiger partial charge on any atom is -0.399 e. The van der Waals surface area contributed by atoms with Gasteiger partial charge in [0.15, 0.2) is 0 Å².